The zero-order valence-corrected chi connectivity index (χ0v) is 30.5. The largest absolute Gasteiger partial charge is 0.265 e. The van der Waals surface area contributed by atoms with E-state index >= 15 is 0 Å². The molecule has 0 fully saturated rings. The maximum Gasteiger partial charge on any atom is 0.160 e. The van der Waals surface area contributed by atoms with Gasteiger partial charge in [0.15, 0.2) is 5.82 Å². The van der Waals surface area contributed by atoms with E-state index in [0.29, 0.717) is 5.82 Å². The molecule has 0 aliphatic heterocycles. The minimum absolute atomic E-state index is 0.697. The molecule has 262 valence electrons. The van der Waals surface area contributed by atoms with Crippen LogP contribution in [0.15, 0.2) is 213 Å². The lowest BCUT2D eigenvalue weighted by atomic mass is 9.89. The van der Waals surface area contributed by atoms with Gasteiger partial charge in [-0.2, -0.15) is 0 Å². The molecule has 56 heavy (non-hydrogen) atoms. The van der Waals surface area contributed by atoms with E-state index in [1.54, 1.807) is 12.4 Å². The van der Waals surface area contributed by atoms with Crippen LogP contribution in [0.2, 0.25) is 0 Å². The molecule has 10 aromatic rings. The Morgan fingerprint density at radius 2 is 0.696 bits per heavy atom. The van der Waals surface area contributed by atoms with Crippen LogP contribution in [0.3, 0.4) is 0 Å². The maximum absolute atomic E-state index is 5.01. The summed E-state index contributed by atoms with van der Waals surface area (Å²) < 4.78 is 0. The second-order valence-electron chi connectivity index (χ2n) is 14.1. The standard InChI is InChI=1S/C53H35N3/c1-2-12-43(13-3-1)53-55-51(35-52(56-53)42-28-30-54-31-29-42)41-26-24-37(25-27-41)36-20-22-38(23-21-36)44-32-45(49-18-8-14-39-10-4-6-16-47(39)49)34-46(33-44)50-19-9-15-40-11-5-7-17-48(40)50/h1-35H. The highest BCUT2D eigenvalue weighted by molar-refractivity contribution is 6.01. The van der Waals surface area contributed by atoms with E-state index in [1.165, 1.54) is 54.9 Å². The number of fused-ring (bicyclic) bond motifs is 2. The molecule has 3 heteroatoms. The normalized spacial score (nSPS) is 11.2. The Bertz CT molecular complexity index is 2820. The Morgan fingerprint density at radius 3 is 1.25 bits per heavy atom. The average molecular weight is 714 g/mol. The van der Waals surface area contributed by atoms with Gasteiger partial charge in [0, 0.05) is 29.1 Å². The molecule has 10 rings (SSSR count). The van der Waals surface area contributed by atoms with Crippen molar-refractivity contribution in [2.75, 3.05) is 0 Å². The summed E-state index contributed by atoms with van der Waals surface area (Å²) in [5, 5.41) is 4.98. The lowest BCUT2D eigenvalue weighted by Gasteiger charge is -2.15. The van der Waals surface area contributed by atoms with E-state index in [4.69, 9.17) is 9.97 Å². The average Bonchev–Trinajstić information content (AvgIpc) is 3.29. The third-order valence-corrected chi connectivity index (χ3v) is 10.6. The van der Waals surface area contributed by atoms with Crippen LogP contribution in [-0.4, -0.2) is 15.0 Å². The monoisotopic (exact) mass is 713 g/mol. The first kappa shape index (κ1) is 33.1. The fraction of sp³-hybridized carbons (Fsp3) is 0. The molecule has 2 aromatic heterocycles. The SMILES string of the molecule is c1ccc(-c2nc(-c3ccncc3)cc(-c3ccc(-c4ccc(-c5cc(-c6cccc7ccccc67)cc(-c6cccc7ccccc67)c5)cc4)cc3)n2)cc1. The summed E-state index contributed by atoms with van der Waals surface area (Å²) in [7, 11) is 0. The van der Waals surface area contributed by atoms with Crippen molar-refractivity contribution in [3.05, 3.63) is 213 Å². The topological polar surface area (TPSA) is 38.7 Å². The summed E-state index contributed by atoms with van der Waals surface area (Å²) in [5.74, 6) is 0.697. The second-order valence-corrected chi connectivity index (χ2v) is 14.1. The molecular weight excluding hydrogens is 679 g/mol. The number of nitrogens with zero attached hydrogens (tertiary/aromatic N) is 3. The molecule has 0 radical (unpaired) electrons. The summed E-state index contributed by atoms with van der Waals surface area (Å²) >= 11 is 0. The van der Waals surface area contributed by atoms with Gasteiger partial charge in [0.1, 0.15) is 0 Å². The highest BCUT2D eigenvalue weighted by Crippen LogP contribution is 2.39. The molecule has 3 nitrogen and oxygen atoms in total. The van der Waals surface area contributed by atoms with Gasteiger partial charge < -0.3 is 0 Å². The van der Waals surface area contributed by atoms with Crippen molar-refractivity contribution in [3.63, 3.8) is 0 Å². The van der Waals surface area contributed by atoms with Crippen molar-refractivity contribution in [1.82, 2.24) is 15.0 Å². The van der Waals surface area contributed by atoms with Crippen LogP contribution >= 0.6 is 0 Å². The van der Waals surface area contributed by atoms with E-state index in [1.807, 2.05) is 42.5 Å². The minimum Gasteiger partial charge on any atom is -0.265 e. The molecule has 0 spiro atoms. The lowest BCUT2D eigenvalue weighted by molar-refractivity contribution is 1.18. The molecule has 0 aliphatic carbocycles. The van der Waals surface area contributed by atoms with E-state index in [2.05, 4.69) is 163 Å². The van der Waals surface area contributed by atoms with Gasteiger partial charge in [-0.1, -0.05) is 164 Å². The molecule has 0 aliphatic rings. The van der Waals surface area contributed by atoms with Gasteiger partial charge >= 0.3 is 0 Å². The van der Waals surface area contributed by atoms with Crippen molar-refractivity contribution < 1.29 is 0 Å². The number of pyridine rings is 1. The molecule has 0 amide bonds. The van der Waals surface area contributed by atoms with Crippen LogP contribution in [0.4, 0.5) is 0 Å². The highest BCUT2D eigenvalue weighted by Gasteiger charge is 2.14. The predicted molar refractivity (Wildman–Crippen MR) is 233 cm³/mol. The highest BCUT2D eigenvalue weighted by atomic mass is 14.9. The Labute approximate surface area is 326 Å². The molecule has 0 atom stereocenters. The van der Waals surface area contributed by atoms with Gasteiger partial charge in [0.2, 0.25) is 0 Å². The smallest absolute Gasteiger partial charge is 0.160 e. The van der Waals surface area contributed by atoms with E-state index in [0.717, 1.165) is 39.2 Å². The Hall–Kier alpha value is -7.49. The zero-order chi connectivity index (χ0) is 37.3. The third kappa shape index (κ3) is 6.42. The molecule has 0 saturated carbocycles. The van der Waals surface area contributed by atoms with Gasteiger partial charge in [-0.15, -0.1) is 0 Å². The molecule has 0 N–H and O–H groups in total. The Kier molecular flexibility index (Phi) is 8.51. The van der Waals surface area contributed by atoms with Crippen molar-refractivity contribution in [2.45, 2.75) is 0 Å². The van der Waals surface area contributed by atoms with Crippen LogP contribution in [0, 0.1) is 0 Å². The van der Waals surface area contributed by atoms with Gasteiger partial charge in [-0.3, -0.25) is 4.98 Å². The third-order valence-electron chi connectivity index (χ3n) is 10.6. The first-order valence-corrected chi connectivity index (χ1v) is 18.9. The van der Waals surface area contributed by atoms with Gasteiger partial charge in [-0.25, -0.2) is 9.97 Å². The first-order chi connectivity index (χ1) is 27.7. The zero-order valence-electron chi connectivity index (χ0n) is 30.5. The molecule has 8 aromatic carbocycles. The number of hydrogen-bond acceptors (Lipinski definition) is 3. The fourth-order valence-electron chi connectivity index (χ4n) is 7.73. The summed E-state index contributed by atoms with van der Waals surface area (Å²) in [6.07, 6.45) is 3.59. The van der Waals surface area contributed by atoms with Gasteiger partial charge in [-0.05, 0) is 102 Å². The van der Waals surface area contributed by atoms with E-state index in [-0.39, 0.29) is 0 Å². The molecule has 0 bridgehead atoms. The van der Waals surface area contributed by atoms with Gasteiger partial charge in [0.05, 0.1) is 11.4 Å². The summed E-state index contributed by atoms with van der Waals surface area (Å²) in [4.78, 5) is 14.1. The maximum atomic E-state index is 5.01. The van der Waals surface area contributed by atoms with E-state index in [9.17, 15) is 0 Å². The van der Waals surface area contributed by atoms with Crippen LogP contribution in [-0.2, 0) is 0 Å². The van der Waals surface area contributed by atoms with Crippen LogP contribution < -0.4 is 0 Å². The minimum atomic E-state index is 0.697. The van der Waals surface area contributed by atoms with Crippen LogP contribution in [0.25, 0.3) is 100.0 Å². The van der Waals surface area contributed by atoms with E-state index < -0.39 is 0 Å². The number of aromatic nitrogens is 3. The Morgan fingerprint density at radius 1 is 0.268 bits per heavy atom. The molecular formula is C53H35N3. The molecule has 0 unspecified atom stereocenters. The van der Waals surface area contributed by atoms with Crippen LogP contribution in [0.5, 0.6) is 0 Å². The Balaban J connectivity index is 1.02. The summed E-state index contributed by atoms with van der Waals surface area (Å²) in [6, 6.07) is 71.3. The number of benzene rings is 8. The quantitative estimate of drug-likeness (QED) is 0.165. The number of rotatable bonds is 7. The van der Waals surface area contributed by atoms with Crippen molar-refractivity contribution in [1.29, 1.82) is 0 Å². The van der Waals surface area contributed by atoms with Gasteiger partial charge in [0.25, 0.3) is 0 Å². The fourth-order valence-corrected chi connectivity index (χ4v) is 7.73. The lowest BCUT2D eigenvalue weighted by Crippen LogP contribution is -1.96. The van der Waals surface area contributed by atoms with Crippen molar-refractivity contribution >= 4 is 21.5 Å². The van der Waals surface area contributed by atoms with Crippen molar-refractivity contribution in [2.24, 2.45) is 0 Å². The molecule has 0 saturated heterocycles. The first-order valence-electron chi connectivity index (χ1n) is 18.9. The predicted octanol–water partition coefficient (Wildman–Crippen LogP) is 13.8. The molecule has 2 heterocycles. The summed E-state index contributed by atoms with van der Waals surface area (Å²) in [5.41, 5.74) is 14.3. The van der Waals surface area contributed by atoms with Crippen molar-refractivity contribution in [3.8, 4) is 78.4 Å². The second kappa shape index (κ2) is 14.4. The number of hydrogen-bond donors (Lipinski definition) is 0. The van der Waals surface area contributed by atoms with Crippen LogP contribution in [0.1, 0.15) is 0 Å². The summed E-state index contributed by atoms with van der Waals surface area (Å²) in [6.45, 7) is 0.